The molecule has 0 saturated heterocycles. The Labute approximate surface area is 131 Å². The van der Waals surface area contributed by atoms with E-state index in [0.717, 1.165) is 4.88 Å². The number of nitrogens with two attached hydrogens (primary N) is 1. The standard InChI is InChI=1S/C12H11ClN2O2S3/c13-10-6-8(12(14)18)3-4-11(10)20(16,17)15-7-9-2-1-5-19-9/h1-6,15H,7H2,(H2,14,18). The highest BCUT2D eigenvalue weighted by atomic mass is 35.5. The van der Waals surface area contributed by atoms with Crippen LogP contribution < -0.4 is 10.5 Å². The van der Waals surface area contributed by atoms with Crippen LogP contribution in [0.15, 0.2) is 40.6 Å². The van der Waals surface area contributed by atoms with Gasteiger partial charge in [-0.25, -0.2) is 13.1 Å². The van der Waals surface area contributed by atoms with Crippen LogP contribution in [0.1, 0.15) is 10.4 Å². The van der Waals surface area contributed by atoms with Crippen LogP contribution in [0.25, 0.3) is 0 Å². The van der Waals surface area contributed by atoms with Gasteiger partial charge in [0.2, 0.25) is 10.0 Å². The molecule has 0 unspecified atom stereocenters. The van der Waals surface area contributed by atoms with Crippen LogP contribution in [-0.4, -0.2) is 13.4 Å². The van der Waals surface area contributed by atoms with Crippen molar-refractivity contribution in [2.45, 2.75) is 11.4 Å². The van der Waals surface area contributed by atoms with Crippen molar-refractivity contribution in [2.75, 3.05) is 0 Å². The van der Waals surface area contributed by atoms with E-state index < -0.39 is 10.0 Å². The third-order valence-corrected chi connectivity index (χ3v) is 5.52. The van der Waals surface area contributed by atoms with E-state index >= 15 is 0 Å². The number of thiocarbonyl (C=S) groups is 1. The van der Waals surface area contributed by atoms with E-state index in [2.05, 4.69) is 4.72 Å². The van der Waals surface area contributed by atoms with E-state index in [4.69, 9.17) is 29.6 Å². The van der Waals surface area contributed by atoms with Crippen molar-refractivity contribution < 1.29 is 8.42 Å². The van der Waals surface area contributed by atoms with Gasteiger partial charge in [0.25, 0.3) is 0 Å². The fraction of sp³-hybridized carbons (Fsp3) is 0.0833. The highest BCUT2D eigenvalue weighted by Crippen LogP contribution is 2.23. The van der Waals surface area contributed by atoms with Crippen molar-refractivity contribution in [3.63, 3.8) is 0 Å². The molecule has 0 fully saturated rings. The average molecular weight is 347 g/mol. The summed E-state index contributed by atoms with van der Waals surface area (Å²) >= 11 is 12.3. The minimum atomic E-state index is -3.67. The van der Waals surface area contributed by atoms with E-state index in [0.29, 0.717) is 5.56 Å². The van der Waals surface area contributed by atoms with Crippen molar-refractivity contribution in [1.82, 2.24) is 4.72 Å². The molecule has 106 valence electrons. The minimum absolute atomic E-state index is 0.00993. The summed E-state index contributed by atoms with van der Waals surface area (Å²) in [5.74, 6) is 0. The maximum Gasteiger partial charge on any atom is 0.242 e. The van der Waals surface area contributed by atoms with Gasteiger partial charge < -0.3 is 5.73 Å². The molecule has 0 spiro atoms. The normalized spacial score (nSPS) is 11.4. The van der Waals surface area contributed by atoms with Gasteiger partial charge in [0, 0.05) is 17.0 Å². The maximum absolute atomic E-state index is 12.2. The van der Waals surface area contributed by atoms with Gasteiger partial charge in [0.15, 0.2) is 0 Å². The number of benzene rings is 1. The van der Waals surface area contributed by atoms with E-state index in [9.17, 15) is 8.42 Å². The van der Waals surface area contributed by atoms with Gasteiger partial charge in [-0.3, -0.25) is 0 Å². The summed E-state index contributed by atoms with van der Waals surface area (Å²) in [7, 11) is -3.67. The highest BCUT2D eigenvalue weighted by molar-refractivity contribution is 7.89. The third-order valence-electron chi connectivity index (χ3n) is 2.52. The van der Waals surface area contributed by atoms with Gasteiger partial charge in [0.1, 0.15) is 9.88 Å². The lowest BCUT2D eigenvalue weighted by molar-refractivity contribution is 0.582. The zero-order chi connectivity index (χ0) is 14.8. The molecule has 8 heteroatoms. The summed E-state index contributed by atoms with van der Waals surface area (Å²) in [5, 5.41) is 1.97. The van der Waals surface area contributed by atoms with Gasteiger partial charge in [-0.05, 0) is 23.6 Å². The van der Waals surface area contributed by atoms with Crippen LogP contribution in [0.4, 0.5) is 0 Å². The molecule has 0 aliphatic heterocycles. The quantitative estimate of drug-likeness (QED) is 0.816. The van der Waals surface area contributed by atoms with Crippen molar-refractivity contribution in [1.29, 1.82) is 0 Å². The lowest BCUT2D eigenvalue weighted by Gasteiger charge is -2.08. The Balaban J connectivity index is 2.23. The number of thiophene rings is 1. The molecule has 0 aliphatic rings. The lowest BCUT2D eigenvalue weighted by Crippen LogP contribution is -2.23. The molecule has 2 rings (SSSR count). The number of halogens is 1. The third kappa shape index (κ3) is 3.56. The molecule has 0 radical (unpaired) electrons. The second kappa shape index (κ2) is 6.19. The first-order valence-corrected chi connectivity index (χ1v) is 8.66. The van der Waals surface area contributed by atoms with Crippen LogP contribution in [0.3, 0.4) is 0 Å². The van der Waals surface area contributed by atoms with Crippen molar-refractivity contribution in [3.8, 4) is 0 Å². The predicted molar refractivity (Wildman–Crippen MR) is 85.7 cm³/mol. The molecule has 1 aromatic heterocycles. The topological polar surface area (TPSA) is 72.2 Å². The Bertz CT molecular complexity index is 727. The zero-order valence-electron chi connectivity index (χ0n) is 10.2. The average Bonchev–Trinajstić information content (AvgIpc) is 2.89. The number of nitrogens with one attached hydrogen (secondary N) is 1. The van der Waals surface area contributed by atoms with Crippen LogP contribution in [0.5, 0.6) is 0 Å². The van der Waals surface area contributed by atoms with Crippen molar-refractivity contribution >= 4 is 50.2 Å². The molecular weight excluding hydrogens is 336 g/mol. The molecule has 1 aromatic carbocycles. The van der Waals surface area contributed by atoms with E-state index in [-0.39, 0.29) is 21.5 Å². The first kappa shape index (κ1) is 15.4. The number of hydrogen-bond acceptors (Lipinski definition) is 4. The van der Waals surface area contributed by atoms with E-state index in [1.165, 1.54) is 29.5 Å². The molecule has 0 amide bonds. The van der Waals surface area contributed by atoms with Gasteiger partial charge in [-0.15, -0.1) is 11.3 Å². The van der Waals surface area contributed by atoms with Gasteiger partial charge in [0.05, 0.1) is 5.02 Å². The zero-order valence-corrected chi connectivity index (χ0v) is 13.4. The molecule has 0 saturated carbocycles. The number of sulfonamides is 1. The molecule has 4 nitrogen and oxygen atoms in total. The Morgan fingerprint density at radius 1 is 1.40 bits per heavy atom. The van der Waals surface area contributed by atoms with Crippen LogP contribution >= 0.6 is 35.2 Å². The summed E-state index contributed by atoms with van der Waals surface area (Å²) < 4.78 is 26.8. The summed E-state index contributed by atoms with van der Waals surface area (Å²) in [6.07, 6.45) is 0. The molecule has 0 bridgehead atoms. The van der Waals surface area contributed by atoms with Crippen molar-refractivity contribution in [2.24, 2.45) is 5.73 Å². The number of hydrogen-bond donors (Lipinski definition) is 2. The monoisotopic (exact) mass is 346 g/mol. The van der Waals surface area contributed by atoms with Crippen LogP contribution in [0, 0.1) is 0 Å². The second-order valence-electron chi connectivity index (χ2n) is 3.91. The molecule has 1 heterocycles. The molecular formula is C12H11ClN2O2S3. The highest BCUT2D eigenvalue weighted by Gasteiger charge is 2.18. The Kier molecular flexibility index (Phi) is 4.77. The second-order valence-corrected chi connectivity index (χ2v) is 7.53. The largest absolute Gasteiger partial charge is 0.389 e. The number of rotatable bonds is 5. The Morgan fingerprint density at radius 2 is 2.15 bits per heavy atom. The van der Waals surface area contributed by atoms with E-state index in [1.807, 2.05) is 17.5 Å². The fourth-order valence-corrected chi connectivity index (χ4v) is 3.94. The Hall–Kier alpha value is -0.990. The Morgan fingerprint density at radius 3 is 2.70 bits per heavy atom. The summed E-state index contributed by atoms with van der Waals surface area (Å²) in [6, 6.07) is 8.09. The minimum Gasteiger partial charge on any atom is -0.389 e. The first-order chi connectivity index (χ1) is 9.40. The fourth-order valence-electron chi connectivity index (χ4n) is 1.53. The summed E-state index contributed by atoms with van der Waals surface area (Å²) in [6.45, 7) is 0.230. The van der Waals surface area contributed by atoms with E-state index in [1.54, 1.807) is 0 Å². The van der Waals surface area contributed by atoms with Crippen LogP contribution in [-0.2, 0) is 16.6 Å². The molecule has 20 heavy (non-hydrogen) atoms. The molecule has 3 N–H and O–H groups in total. The maximum atomic E-state index is 12.2. The molecule has 0 atom stereocenters. The lowest BCUT2D eigenvalue weighted by atomic mass is 10.2. The smallest absolute Gasteiger partial charge is 0.242 e. The molecule has 2 aromatic rings. The van der Waals surface area contributed by atoms with Crippen LogP contribution in [0.2, 0.25) is 5.02 Å². The van der Waals surface area contributed by atoms with Crippen molar-refractivity contribution in [3.05, 3.63) is 51.2 Å². The summed E-state index contributed by atoms with van der Waals surface area (Å²) in [4.78, 5) is 1.10. The predicted octanol–water partition coefficient (Wildman–Crippen LogP) is 2.51. The summed E-state index contributed by atoms with van der Waals surface area (Å²) in [5.41, 5.74) is 6.00. The first-order valence-electron chi connectivity index (χ1n) is 5.51. The van der Waals surface area contributed by atoms with Gasteiger partial charge in [-0.2, -0.15) is 0 Å². The van der Waals surface area contributed by atoms with Gasteiger partial charge >= 0.3 is 0 Å². The SMILES string of the molecule is NC(=S)c1ccc(S(=O)(=O)NCc2cccs2)c(Cl)c1. The van der Waals surface area contributed by atoms with Gasteiger partial charge in [-0.1, -0.05) is 36.0 Å². The molecule has 0 aliphatic carbocycles.